The molecule has 3 aromatic rings. The summed E-state index contributed by atoms with van der Waals surface area (Å²) in [6.45, 7) is 4.64. The summed E-state index contributed by atoms with van der Waals surface area (Å²) in [6.07, 6.45) is 1.04. The molecule has 1 fully saturated rings. The zero-order chi connectivity index (χ0) is 31.1. The number of nitriles is 1. The molecule has 11 heteroatoms. The molecular formula is C33H36N5O6+. The second kappa shape index (κ2) is 13.5. The number of likely N-dealkylation sites (tertiary alicyclic amines) is 1. The van der Waals surface area contributed by atoms with E-state index in [1.807, 2.05) is 18.2 Å². The maximum absolute atomic E-state index is 13.6. The molecular weight excluding hydrogens is 562 g/mol. The SMILES string of the molecule is CCOC(=O)c1ccc(NC(=O)N[C@@H](Cc2ccc(C#N)cc2)C(=O)N[C@H]2CC[N+](C)(Cc3ccc4c(c3)OCO4)C2)cc1. The highest BCUT2D eigenvalue weighted by atomic mass is 16.7. The number of nitrogens with one attached hydrogen (secondary N) is 3. The number of likely N-dealkylation sites (N-methyl/N-ethyl adjacent to an activating group) is 1. The van der Waals surface area contributed by atoms with Crippen LogP contribution < -0.4 is 25.4 Å². The molecule has 3 amide bonds. The molecule has 2 aliphatic heterocycles. The number of fused-ring (bicyclic) bond motifs is 1. The van der Waals surface area contributed by atoms with E-state index in [0.717, 1.165) is 53.2 Å². The summed E-state index contributed by atoms with van der Waals surface area (Å²) in [5, 5.41) is 17.9. The van der Waals surface area contributed by atoms with Crippen LogP contribution in [0.4, 0.5) is 10.5 Å². The Kier molecular flexibility index (Phi) is 9.31. The molecule has 0 aliphatic carbocycles. The zero-order valence-electron chi connectivity index (χ0n) is 24.8. The van der Waals surface area contributed by atoms with Gasteiger partial charge in [0.05, 0.1) is 50.0 Å². The van der Waals surface area contributed by atoms with E-state index in [-0.39, 0.29) is 31.8 Å². The predicted octanol–water partition coefficient (Wildman–Crippen LogP) is 3.73. The van der Waals surface area contributed by atoms with E-state index in [1.54, 1.807) is 55.5 Å². The number of esters is 1. The number of hydrogen-bond acceptors (Lipinski definition) is 7. The molecule has 0 spiro atoms. The summed E-state index contributed by atoms with van der Waals surface area (Å²) in [5.41, 5.74) is 3.28. The number of benzene rings is 3. The molecule has 3 N–H and O–H groups in total. The number of carbonyl (C=O) groups is 3. The second-order valence-corrected chi connectivity index (χ2v) is 11.3. The van der Waals surface area contributed by atoms with Crippen molar-refractivity contribution in [2.75, 3.05) is 38.9 Å². The number of urea groups is 1. The van der Waals surface area contributed by atoms with Gasteiger partial charge in [0.1, 0.15) is 12.6 Å². The van der Waals surface area contributed by atoms with E-state index >= 15 is 0 Å². The van der Waals surface area contributed by atoms with Gasteiger partial charge in [-0.25, -0.2) is 9.59 Å². The van der Waals surface area contributed by atoms with E-state index in [2.05, 4.69) is 29.1 Å². The lowest BCUT2D eigenvalue weighted by Gasteiger charge is -2.30. The van der Waals surface area contributed by atoms with Crippen molar-refractivity contribution in [3.63, 3.8) is 0 Å². The van der Waals surface area contributed by atoms with Gasteiger partial charge in [-0.2, -0.15) is 5.26 Å². The van der Waals surface area contributed by atoms with E-state index < -0.39 is 18.0 Å². The number of nitrogens with zero attached hydrogens (tertiary/aromatic N) is 2. The fourth-order valence-electron chi connectivity index (χ4n) is 5.62. The fourth-order valence-corrected chi connectivity index (χ4v) is 5.62. The minimum Gasteiger partial charge on any atom is -0.462 e. The average Bonchev–Trinajstić information content (AvgIpc) is 3.63. The lowest BCUT2D eigenvalue weighted by Crippen LogP contribution is -2.53. The smallest absolute Gasteiger partial charge is 0.338 e. The van der Waals surface area contributed by atoms with E-state index in [0.29, 0.717) is 16.8 Å². The normalized spacial score (nSPS) is 19.0. The molecule has 2 heterocycles. The first-order valence-electron chi connectivity index (χ1n) is 14.6. The summed E-state index contributed by atoms with van der Waals surface area (Å²) in [7, 11) is 2.17. The average molecular weight is 599 g/mol. The molecule has 0 radical (unpaired) electrons. The largest absolute Gasteiger partial charge is 0.462 e. The first-order chi connectivity index (χ1) is 21.2. The Labute approximate surface area is 256 Å². The van der Waals surface area contributed by atoms with Gasteiger partial charge in [0.25, 0.3) is 0 Å². The number of carbonyl (C=O) groups excluding carboxylic acids is 3. The van der Waals surface area contributed by atoms with Gasteiger partial charge in [0.15, 0.2) is 11.5 Å². The monoisotopic (exact) mass is 598 g/mol. The summed E-state index contributed by atoms with van der Waals surface area (Å²) in [6, 6.07) is 19.8. The first kappa shape index (κ1) is 30.4. The summed E-state index contributed by atoms with van der Waals surface area (Å²) in [4.78, 5) is 38.5. The van der Waals surface area contributed by atoms with Gasteiger partial charge in [-0.05, 0) is 67.1 Å². The van der Waals surface area contributed by atoms with Gasteiger partial charge in [-0.1, -0.05) is 12.1 Å². The lowest BCUT2D eigenvalue weighted by molar-refractivity contribution is -0.911. The molecule has 2 aliphatic rings. The van der Waals surface area contributed by atoms with Crippen LogP contribution >= 0.6 is 0 Å². The Morgan fingerprint density at radius 1 is 1.02 bits per heavy atom. The number of amides is 3. The Morgan fingerprint density at radius 3 is 2.48 bits per heavy atom. The van der Waals surface area contributed by atoms with Crippen LogP contribution in [-0.2, 0) is 22.5 Å². The van der Waals surface area contributed by atoms with E-state index in [1.165, 1.54) is 0 Å². The van der Waals surface area contributed by atoms with Crippen molar-refractivity contribution in [2.45, 2.75) is 38.4 Å². The zero-order valence-corrected chi connectivity index (χ0v) is 24.8. The summed E-state index contributed by atoms with van der Waals surface area (Å²) < 4.78 is 16.7. The van der Waals surface area contributed by atoms with Crippen molar-refractivity contribution in [1.82, 2.24) is 10.6 Å². The van der Waals surface area contributed by atoms with Crippen molar-refractivity contribution >= 4 is 23.6 Å². The second-order valence-electron chi connectivity index (χ2n) is 11.3. The van der Waals surface area contributed by atoms with Crippen LogP contribution in [0, 0.1) is 11.3 Å². The van der Waals surface area contributed by atoms with Gasteiger partial charge in [-0.3, -0.25) is 4.79 Å². The third-order valence-electron chi connectivity index (χ3n) is 7.82. The minimum absolute atomic E-state index is 0.0646. The van der Waals surface area contributed by atoms with Gasteiger partial charge < -0.3 is 34.6 Å². The van der Waals surface area contributed by atoms with Crippen LogP contribution in [0.5, 0.6) is 11.5 Å². The van der Waals surface area contributed by atoms with E-state index in [9.17, 15) is 14.4 Å². The maximum Gasteiger partial charge on any atom is 0.338 e. The van der Waals surface area contributed by atoms with Crippen LogP contribution in [0.1, 0.15) is 40.4 Å². The predicted molar refractivity (Wildman–Crippen MR) is 162 cm³/mol. The van der Waals surface area contributed by atoms with Gasteiger partial charge in [-0.15, -0.1) is 0 Å². The number of anilines is 1. The van der Waals surface area contributed by atoms with Crippen LogP contribution in [-0.4, -0.2) is 68.0 Å². The number of hydrogen-bond donors (Lipinski definition) is 3. The fraction of sp³-hybridized carbons (Fsp3) is 0.333. The molecule has 0 saturated carbocycles. The molecule has 0 bridgehead atoms. The summed E-state index contributed by atoms with van der Waals surface area (Å²) in [5.74, 6) is 0.772. The van der Waals surface area contributed by atoms with Gasteiger partial charge in [0, 0.05) is 24.1 Å². The van der Waals surface area contributed by atoms with Gasteiger partial charge in [0.2, 0.25) is 12.7 Å². The number of rotatable bonds is 10. The molecule has 44 heavy (non-hydrogen) atoms. The molecule has 228 valence electrons. The van der Waals surface area contributed by atoms with Crippen LogP contribution in [0.2, 0.25) is 0 Å². The standard InChI is InChI=1S/C33H35N5O6/c1-3-42-32(40)25-9-11-26(12-10-25)36-33(41)37-28(16-22-4-6-23(18-34)7-5-22)31(39)35-27-14-15-38(2,20-27)19-24-8-13-29-30(17-24)44-21-43-29/h4-13,17,27-28H,3,14-16,19-21H2,1-2H3,(H2-,35,36,37,39,40,41)/p+1/t27-,28-,38?/m0/s1. The van der Waals surface area contributed by atoms with Crippen molar-refractivity contribution in [1.29, 1.82) is 5.26 Å². The first-order valence-corrected chi connectivity index (χ1v) is 14.6. The molecule has 3 aromatic carbocycles. The highest BCUT2D eigenvalue weighted by molar-refractivity contribution is 5.95. The van der Waals surface area contributed by atoms with Crippen molar-refractivity contribution in [3.05, 3.63) is 89.0 Å². The molecule has 1 saturated heterocycles. The molecule has 11 nitrogen and oxygen atoms in total. The highest BCUT2D eigenvalue weighted by Gasteiger charge is 2.37. The van der Waals surface area contributed by atoms with Crippen LogP contribution in [0.15, 0.2) is 66.7 Å². The van der Waals surface area contributed by atoms with Crippen molar-refractivity contribution in [3.8, 4) is 17.6 Å². The lowest BCUT2D eigenvalue weighted by atomic mass is 10.0. The number of quaternary nitrogens is 1. The van der Waals surface area contributed by atoms with Crippen molar-refractivity contribution < 1.29 is 33.1 Å². The molecule has 3 atom stereocenters. The third-order valence-corrected chi connectivity index (χ3v) is 7.82. The summed E-state index contributed by atoms with van der Waals surface area (Å²) >= 11 is 0. The van der Waals surface area contributed by atoms with Crippen LogP contribution in [0.25, 0.3) is 0 Å². The Balaban J connectivity index is 1.22. The Hall–Kier alpha value is -5.08. The topological polar surface area (TPSA) is 139 Å². The minimum atomic E-state index is -0.866. The Bertz CT molecular complexity index is 1550. The maximum atomic E-state index is 13.6. The third kappa shape index (κ3) is 7.65. The highest BCUT2D eigenvalue weighted by Crippen LogP contribution is 2.34. The number of ether oxygens (including phenoxy) is 3. The van der Waals surface area contributed by atoms with E-state index in [4.69, 9.17) is 19.5 Å². The molecule has 0 aromatic heterocycles. The van der Waals surface area contributed by atoms with Crippen LogP contribution in [0.3, 0.4) is 0 Å². The Morgan fingerprint density at radius 2 is 1.75 bits per heavy atom. The van der Waals surface area contributed by atoms with Gasteiger partial charge >= 0.3 is 12.0 Å². The molecule has 1 unspecified atom stereocenters. The molecule has 5 rings (SSSR count). The quantitative estimate of drug-likeness (QED) is 0.239. The van der Waals surface area contributed by atoms with Crippen molar-refractivity contribution in [2.24, 2.45) is 0 Å².